The Morgan fingerprint density at radius 3 is 2.74 bits per heavy atom. The van der Waals surface area contributed by atoms with Crippen LogP contribution in [0.5, 0.6) is 5.75 Å². The summed E-state index contributed by atoms with van der Waals surface area (Å²) in [6.45, 7) is 2.01. The zero-order valence-electron chi connectivity index (χ0n) is 14.9. The van der Waals surface area contributed by atoms with Gasteiger partial charge in [0, 0.05) is 5.56 Å². The molecule has 2 unspecified atom stereocenters. The van der Waals surface area contributed by atoms with Gasteiger partial charge in [-0.2, -0.15) is 0 Å². The molecule has 8 nitrogen and oxygen atoms in total. The molecule has 1 aromatic rings. The lowest BCUT2D eigenvalue weighted by molar-refractivity contribution is -0.179. The summed E-state index contributed by atoms with van der Waals surface area (Å²) in [6.07, 6.45) is 3.33. The SMILES string of the molecule is C.CC(ON)(C(=O)O)C1CCc2cc(C(N)=NC3(CCN)CC3)ccc2O1. The summed E-state index contributed by atoms with van der Waals surface area (Å²) in [7, 11) is 0. The number of hydrogen-bond acceptors (Lipinski definition) is 6. The van der Waals surface area contributed by atoms with Gasteiger partial charge >= 0.3 is 5.97 Å². The van der Waals surface area contributed by atoms with Gasteiger partial charge in [0.25, 0.3) is 0 Å². The Bertz CT molecular complexity index is 732. The number of aryl methyl sites for hydroxylation is 1. The molecule has 3 rings (SSSR count). The van der Waals surface area contributed by atoms with Crippen molar-refractivity contribution in [3.05, 3.63) is 29.3 Å². The number of carbonyl (C=O) groups is 1. The van der Waals surface area contributed by atoms with E-state index in [9.17, 15) is 9.90 Å². The van der Waals surface area contributed by atoms with Gasteiger partial charge in [-0.25, -0.2) is 10.7 Å². The van der Waals surface area contributed by atoms with Gasteiger partial charge in [0.1, 0.15) is 17.7 Å². The second-order valence-electron chi connectivity index (χ2n) is 7.26. The van der Waals surface area contributed by atoms with E-state index in [0.29, 0.717) is 31.0 Å². The highest BCUT2D eigenvalue weighted by molar-refractivity contribution is 5.98. The molecule has 1 aliphatic heterocycles. The van der Waals surface area contributed by atoms with Gasteiger partial charge in [0.05, 0.1) is 5.54 Å². The molecule has 2 atom stereocenters. The minimum atomic E-state index is -1.60. The lowest BCUT2D eigenvalue weighted by Crippen LogP contribution is -2.54. The van der Waals surface area contributed by atoms with Gasteiger partial charge in [0.15, 0.2) is 0 Å². The topological polar surface area (TPSA) is 146 Å². The highest BCUT2D eigenvalue weighted by Gasteiger charge is 2.46. The van der Waals surface area contributed by atoms with E-state index in [0.717, 1.165) is 30.4 Å². The summed E-state index contributed by atoms with van der Waals surface area (Å²) in [4.78, 5) is 20.9. The molecule has 0 bridgehead atoms. The van der Waals surface area contributed by atoms with Crippen molar-refractivity contribution in [2.24, 2.45) is 22.4 Å². The van der Waals surface area contributed by atoms with E-state index in [1.807, 2.05) is 12.1 Å². The Balaban J connectivity index is 0.00000261. The van der Waals surface area contributed by atoms with Crippen molar-refractivity contribution in [1.29, 1.82) is 0 Å². The minimum Gasteiger partial charge on any atom is -0.486 e. The highest BCUT2D eigenvalue weighted by Crippen LogP contribution is 2.43. The van der Waals surface area contributed by atoms with Crippen LogP contribution in [-0.2, 0) is 16.1 Å². The van der Waals surface area contributed by atoms with Crippen molar-refractivity contribution in [2.75, 3.05) is 6.54 Å². The van der Waals surface area contributed by atoms with Gasteiger partial charge in [-0.15, -0.1) is 0 Å². The Morgan fingerprint density at radius 2 is 2.19 bits per heavy atom. The molecule has 27 heavy (non-hydrogen) atoms. The summed E-state index contributed by atoms with van der Waals surface area (Å²) in [5, 5.41) is 9.38. The third-order valence-electron chi connectivity index (χ3n) is 5.38. The van der Waals surface area contributed by atoms with E-state index in [2.05, 4.69) is 4.99 Å². The Kier molecular flexibility index (Phi) is 6.14. The number of carboxylic acid groups (broad SMARTS) is 1. The van der Waals surface area contributed by atoms with Crippen LogP contribution in [0.1, 0.15) is 51.2 Å². The standard InChI is InChI=1S/C18H26N4O4.CH4/c1-17(26-21,16(23)24)14-5-3-11-10-12(2-4-13(11)25-14)15(20)22-18(6-7-18)8-9-19;/h2,4,10,14H,3,5-9,19,21H2,1H3,(H2,20,22)(H,23,24);1H4. The summed E-state index contributed by atoms with van der Waals surface area (Å²) in [5.41, 5.74) is 12.0. The number of ether oxygens (including phenoxy) is 1. The van der Waals surface area contributed by atoms with Gasteiger partial charge in [-0.1, -0.05) is 7.43 Å². The monoisotopic (exact) mass is 378 g/mol. The fourth-order valence-electron chi connectivity index (χ4n) is 3.35. The Labute approximate surface area is 159 Å². The van der Waals surface area contributed by atoms with Crippen LogP contribution >= 0.6 is 0 Å². The largest absolute Gasteiger partial charge is 0.486 e. The first-order chi connectivity index (χ1) is 12.3. The molecule has 150 valence electrons. The number of nitrogens with two attached hydrogens (primary N) is 3. The van der Waals surface area contributed by atoms with E-state index in [1.165, 1.54) is 6.92 Å². The van der Waals surface area contributed by atoms with Crippen molar-refractivity contribution in [3.8, 4) is 5.75 Å². The predicted octanol–water partition coefficient (Wildman–Crippen LogP) is 1.34. The van der Waals surface area contributed by atoms with Crippen LogP contribution < -0.4 is 22.1 Å². The fraction of sp³-hybridized carbons (Fsp3) is 0.579. The van der Waals surface area contributed by atoms with E-state index in [4.69, 9.17) is 26.9 Å². The molecule has 1 saturated carbocycles. The van der Waals surface area contributed by atoms with E-state index < -0.39 is 17.7 Å². The van der Waals surface area contributed by atoms with Crippen LogP contribution in [0.3, 0.4) is 0 Å². The zero-order chi connectivity index (χ0) is 18.9. The van der Waals surface area contributed by atoms with Gasteiger partial charge in [-0.05, 0) is 69.3 Å². The number of hydrogen-bond donors (Lipinski definition) is 4. The van der Waals surface area contributed by atoms with Crippen LogP contribution in [0.4, 0.5) is 0 Å². The van der Waals surface area contributed by atoms with E-state index in [1.54, 1.807) is 6.07 Å². The Hall–Kier alpha value is -2.16. The van der Waals surface area contributed by atoms with Crippen LogP contribution in [0, 0.1) is 0 Å². The summed E-state index contributed by atoms with van der Waals surface area (Å²) in [5.74, 6) is 5.17. The van der Waals surface area contributed by atoms with E-state index >= 15 is 0 Å². The number of benzene rings is 1. The van der Waals surface area contributed by atoms with Gasteiger partial charge in [0.2, 0.25) is 5.60 Å². The maximum Gasteiger partial charge on any atom is 0.341 e. The van der Waals surface area contributed by atoms with Gasteiger partial charge in [-0.3, -0.25) is 9.83 Å². The van der Waals surface area contributed by atoms with Crippen LogP contribution in [0.15, 0.2) is 23.2 Å². The van der Waals surface area contributed by atoms with Crippen LogP contribution in [-0.4, -0.2) is 40.7 Å². The molecule has 1 aromatic carbocycles. The number of amidine groups is 1. The molecule has 0 amide bonds. The first-order valence-corrected chi connectivity index (χ1v) is 8.80. The zero-order valence-corrected chi connectivity index (χ0v) is 14.9. The average Bonchev–Trinajstić information content (AvgIpc) is 3.39. The molecule has 2 aliphatic rings. The van der Waals surface area contributed by atoms with Crippen molar-refractivity contribution >= 4 is 11.8 Å². The van der Waals surface area contributed by atoms with Crippen LogP contribution in [0.25, 0.3) is 0 Å². The highest BCUT2D eigenvalue weighted by atomic mass is 16.7. The smallest absolute Gasteiger partial charge is 0.341 e. The number of aliphatic imine (C=N–C) groups is 1. The second kappa shape index (κ2) is 7.84. The van der Waals surface area contributed by atoms with Crippen molar-refractivity contribution in [1.82, 2.24) is 0 Å². The number of nitrogens with zero attached hydrogens (tertiary/aromatic N) is 1. The quantitative estimate of drug-likeness (QED) is 0.318. The molecule has 0 saturated heterocycles. The predicted molar refractivity (Wildman–Crippen MR) is 104 cm³/mol. The maximum atomic E-state index is 11.5. The summed E-state index contributed by atoms with van der Waals surface area (Å²) < 4.78 is 5.85. The molecular formula is C19H30N4O4. The molecule has 7 N–H and O–H groups in total. The average molecular weight is 378 g/mol. The first kappa shape index (κ1) is 21.1. The minimum absolute atomic E-state index is 0. The molecule has 8 heteroatoms. The molecule has 0 spiro atoms. The molecule has 0 radical (unpaired) electrons. The molecule has 0 aromatic heterocycles. The Morgan fingerprint density at radius 1 is 1.48 bits per heavy atom. The molecule has 1 aliphatic carbocycles. The first-order valence-electron chi connectivity index (χ1n) is 8.80. The van der Waals surface area contributed by atoms with Crippen molar-refractivity contribution in [3.63, 3.8) is 0 Å². The molecule has 1 fully saturated rings. The number of carboxylic acids is 1. The summed E-state index contributed by atoms with van der Waals surface area (Å²) in [6, 6.07) is 5.57. The van der Waals surface area contributed by atoms with E-state index in [-0.39, 0.29) is 13.0 Å². The van der Waals surface area contributed by atoms with Crippen LogP contribution in [0.2, 0.25) is 0 Å². The number of fused-ring (bicyclic) bond motifs is 1. The van der Waals surface area contributed by atoms with Crippen molar-refractivity contribution < 1.29 is 19.5 Å². The fourth-order valence-corrected chi connectivity index (χ4v) is 3.35. The summed E-state index contributed by atoms with van der Waals surface area (Å²) >= 11 is 0. The number of aliphatic carboxylic acids is 1. The lowest BCUT2D eigenvalue weighted by atomic mass is 9.90. The lowest BCUT2D eigenvalue weighted by Gasteiger charge is -2.35. The normalized spacial score (nSPS) is 22.6. The molecule has 1 heterocycles. The third kappa shape index (κ3) is 4.07. The maximum absolute atomic E-state index is 11.5. The molecular weight excluding hydrogens is 348 g/mol. The second-order valence-corrected chi connectivity index (χ2v) is 7.26. The number of rotatable bonds is 7. The van der Waals surface area contributed by atoms with Crippen molar-refractivity contribution in [2.45, 2.75) is 63.7 Å². The van der Waals surface area contributed by atoms with Gasteiger partial charge < -0.3 is 21.3 Å². The third-order valence-corrected chi connectivity index (χ3v) is 5.38.